The highest BCUT2D eigenvalue weighted by Gasteiger charge is 2.49. The number of piperazine rings is 1. The maximum Gasteiger partial charge on any atom is 0.417 e. The largest absolute Gasteiger partial charge is 0.461 e. The van der Waals surface area contributed by atoms with Crippen LogP contribution in [0.5, 0.6) is 6.01 Å². The summed E-state index contributed by atoms with van der Waals surface area (Å²) in [7, 11) is -3.56. The van der Waals surface area contributed by atoms with Crippen LogP contribution in [0.25, 0.3) is 32.1 Å². The zero-order valence-electron chi connectivity index (χ0n) is 26.0. The molecule has 3 fully saturated rings. The molecular weight excluding hydrogens is 697 g/mol. The van der Waals surface area contributed by atoms with E-state index in [1.165, 1.54) is 9.21 Å². The monoisotopic (exact) mass is 725 g/mol. The van der Waals surface area contributed by atoms with Crippen molar-refractivity contribution < 1.29 is 39.5 Å². The highest BCUT2D eigenvalue weighted by atomic mass is 32.2. The Morgan fingerprint density at radius 2 is 1.90 bits per heavy atom. The maximum atomic E-state index is 17.0. The number of ether oxygens (including phenoxy) is 1. The van der Waals surface area contributed by atoms with E-state index in [9.17, 15) is 35.6 Å². The van der Waals surface area contributed by atoms with E-state index in [1.807, 2.05) is 4.90 Å². The molecule has 5 heterocycles. The Balaban J connectivity index is 1.43. The van der Waals surface area contributed by atoms with E-state index in [0.29, 0.717) is 30.4 Å². The van der Waals surface area contributed by atoms with Crippen molar-refractivity contribution in [1.82, 2.24) is 19.2 Å². The number of sulfonamides is 1. The molecule has 3 aliphatic heterocycles. The second-order valence-electron chi connectivity index (χ2n) is 12.6. The first-order valence-corrected chi connectivity index (χ1v) is 18.0. The van der Waals surface area contributed by atoms with E-state index < -0.39 is 61.8 Å². The van der Waals surface area contributed by atoms with Crippen LogP contribution in [0, 0.1) is 23.0 Å². The molecule has 2 atom stereocenters. The Morgan fingerprint density at radius 3 is 2.57 bits per heavy atom. The molecule has 2 N–H and O–H groups in total. The van der Waals surface area contributed by atoms with Crippen LogP contribution in [-0.2, 0) is 16.2 Å². The van der Waals surface area contributed by atoms with Gasteiger partial charge in [0.1, 0.15) is 41.0 Å². The molecule has 18 heteroatoms. The Hall–Kier alpha value is -3.92. The molecule has 0 amide bonds. The summed E-state index contributed by atoms with van der Waals surface area (Å²) in [6.07, 6.45) is -3.51. The summed E-state index contributed by atoms with van der Waals surface area (Å²) in [6.45, 7) is 0.875. The van der Waals surface area contributed by atoms with E-state index in [2.05, 4.69) is 9.97 Å². The minimum Gasteiger partial charge on any atom is -0.461 e. The molecule has 0 radical (unpaired) electrons. The summed E-state index contributed by atoms with van der Waals surface area (Å²) in [5, 5.41) is 9.06. The number of hydrogen-bond donors (Lipinski definition) is 1. The molecule has 0 aliphatic carbocycles. The van der Waals surface area contributed by atoms with Gasteiger partial charge in [0.05, 0.1) is 27.6 Å². The minimum absolute atomic E-state index is 0.00670. The zero-order valence-corrected chi connectivity index (χ0v) is 27.6. The van der Waals surface area contributed by atoms with Gasteiger partial charge in [-0.25, -0.2) is 21.6 Å². The van der Waals surface area contributed by atoms with E-state index in [0.717, 1.165) is 24.8 Å². The number of halogens is 6. The quantitative estimate of drug-likeness (QED) is 0.264. The topological polar surface area (TPSA) is 129 Å². The number of nitrogens with two attached hydrogens (primary N) is 1. The molecule has 0 saturated carbocycles. The molecule has 10 nitrogen and oxygen atoms in total. The minimum atomic E-state index is -5.14. The third-order valence-electron chi connectivity index (χ3n) is 9.63. The second-order valence-corrected chi connectivity index (χ2v) is 15.6. The lowest BCUT2D eigenvalue weighted by Crippen LogP contribution is -2.48. The number of alkyl halides is 4. The van der Waals surface area contributed by atoms with Gasteiger partial charge in [-0.05, 0) is 37.1 Å². The summed E-state index contributed by atoms with van der Waals surface area (Å²) in [4.78, 5) is 12.2. The average Bonchev–Trinajstić information content (AvgIpc) is 3.69. The molecule has 0 spiro atoms. The summed E-state index contributed by atoms with van der Waals surface area (Å²) < 4.78 is 122. The number of hydrogen-bond acceptors (Lipinski definition) is 10. The number of aromatic nitrogens is 2. The Labute approximate surface area is 280 Å². The third-order valence-corrected chi connectivity index (χ3v) is 12.0. The van der Waals surface area contributed by atoms with Crippen molar-refractivity contribution in [3.8, 4) is 23.2 Å². The summed E-state index contributed by atoms with van der Waals surface area (Å²) in [5.41, 5.74) is 1.66. The lowest BCUT2D eigenvalue weighted by Gasteiger charge is -2.35. The summed E-state index contributed by atoms with van der Waals surface area (Å²) in [5.74, 6) is -2.37. The Morgan fingerprint density at radius 1 is 1.16 bits per heavy atom. The molecular formula is C31H29F6N7O3S2. The molecule has 4 aromatic rings. The van der Waals surface area contributed by atoms with Gasteiger partial charge in [0.2, 0.25) is 10.0 Å². The van der Waals surface area contributed by atoms with Gasteiger partial charge in [0.15, 0.2) is 5.82 Å². The number of nitrogens with zero attached hydrogens (tertiary/aromatic N) is 6. The lowest BCUT2D eigenvalue weighted by molar-refractivity contribution is -0.137. The molecule has 2 aromatic carbocycles. The molecule has 3 aliphatic rings. The molecule has 2 aromatic heterocycles. The van der Waals surface area contributed by atoms with Gasteiger partial charge in [-0.2, -0.15) is 32.7 Å². The molecule has 7 rings (SSSR count). The fraction of sp³-hybridized carbons (Fsp3) is 0.452. The van der Waals surface area contributed by atoms with Gasteiger partial charge in [0.25, 0.3) is 0 Å². The van der Waals surface area contributed by atoms with Gasteiger partial charge in [0, 0.05) is 55.5 Å². The average molecular weight is 726 g/mol. The lowest BCUT2D eigenvalue weighted by atomic mass is 9.92. The van der Waals surface area contributed by atoms with E-state index >= 15 is 4.39 Å². The number of rotatable bonds is 6. The fourth-order valence-corrected chi connectivity index (χ4v) is 9.15. The predicted octanol–water partition coefficient (Wildman–Crippen LogP) is 5.30. The first kappa shape index (κ1) is 33.6. The first-order chi connectivity index (χ1) is 23.1. The number of nitriles is 1. The molecule has 3 saturated heterocycles. The smallest absolute Gasteiger partial charge is 0.417 e. The fourth-order valence-electron chi connectivity index (χ4n) is 7.37. The van der Waals surface area contributed by atoms with Crippen molar-refractivity contribution in [2.75, 3.05) is 62.8 Å². The number of thiophene rings is 1. The van der Waals surface area contributed by atoms with Crippen LogP contribution in [0.4, 0.5) is 37.2 Å². The van der Waals surface area contributed by atoms with E-state index in [1.54, 1.807) is 6.07 Å². The van der Waals surface area contributed by atoms with Gasteiger partial charge in [-0.3, -0.25) is 4.90 Å². The van der Waals surface area contributed by atoms with Crippen molar-refractivity contribution in [2.24, 2.45) is 0 Å². The SMILES string of the molecule is CS(=O)(=O)N1CCN(c2nc(OCC34CCCN3CC(F)C4)nc3c(F)c(-c4ccc(F)c5sc(N)c(C#N)c45)c(C(F)(F)F)cc23)CC1. The predicted molar refractivity (Wildman–Crippen MR) is 172 cm³/mol. The van der Waals surface area contributed by atoms with Crippen molar-refractivity contribution in [1.29, 1.82) is 5.26 Å². The third kappa shape index (κ3) is 5.69. The van der Waals surface area contributed by atoms with Crippen LogP contribution in [0.1, 0.15) is 30.4 Å². The standard InChI is InChI=1S/C31H29F6N7O3S2/c1-49(45,46)44-9-7-42(8-10-44)28-18-11-20(31(35,36)37)23(17-3-4-21(33)26-22(17)19(13-38)27(39)48-26)24(34)25(18)40-29(41-28)47-15-30-5-2-6-43(30)14-16(32)12-30/h3-4,11,16H,2,5-10,12,14-15,39H2,1H3. The number of benzene rings is 2. The van der Waals surface area contributed by atoms with Crippen molar-refractivity contribution >= 4 is 53.2 Å². The highest BCUT2D eigenvalue weighted by molar-refractivity contribution is 7.88. The number of fused-ring (bicyclic) bond motifs is 3. The van der Waals surface area contributed by atoms with Crippen molar-refractivity contribution in [2.45, 2.75) is 37.1 Å². The summed E-state index contributed by atoms with van der Waals surface area (Å²) >= 11 is 0.660. The number of anilines is 2. The normalized spacial score (nSPS) is 22.2. The van der Waals surface area contributed by atoms with Gasteiger partial charge < -0.3 is 15.4 Å². The molecule has 2 unspecified atom stereocenters. The maximum absolute atomic E-state index is 17.0. The van der Waals surface area contributed by atoms with Gasteiger partial charge in [-0.1, -0.05) is 6.07 Å². The molecule has 49 heavy (non-hydrogen) atoms. The van der Waals surface area contributed by atoms with E-state index in [4.69, 9.17) is 10.5 Å². The van der Waals surface area contributed by atoms with Crippen LogP contribution in [0.3, 0.4) is 0 Å². The first-order valence-electron chi connectivity index (χ1n) is 15.4. The summed E-state index contributed by atoms with van der Waals surface area (Å²) in [6, 6.07) is 3.99. The van der Waals surface area contributed by atoms with Crippen molar-refractivity contribution in [3.63, 3.8) is 0 Å². The molecule has 0 bridgehead atoms. The highest BCUT2D eigenvalue weighted by Crippen LogP contribution is 2.48. The van der Waals surface area contributed by atoms with Crippen LogP contribution < -0.4 is 15.4 Å². The number of nitrogen functional groups attached to an aromatic ring is 1. The molecule has 260 valence electrons. The van der Waals surface area contributed by atoms with Crippen LogP contribution in [0.15, 0.2) is 18.2 Å². The zero-order chi connectivity index (χ0) is 35.0. The van der Waals surface area contributed by atoms with Crippen molar-refractivity contribution in [3.05, 3.63) is 41.0 Å². The van der Waals surface area contributed by atoms with Gasteiger partial charge >= 0.3 is 12.2 Å². The second kappa shape index (κ2) is 11.9. The Bertz CT molecular complexity index is 2150. The Kier molecular flexibility index (Phi) is 8.12. The van der Waals surface area contributed by atoms with E-state index in [-0.39, 0.29) is 83.6 Å². The van der Waals surface area contributed by atoms with Crippen LogP contribution >= 0.6 is 11.3 Å². The van der Waals surface area contributed by atoms with Crippen LogP contribution in [0.2, 0.25) is 0 Å². The van der Waals surface area contributed by atoms with Gasteiger partial charge in [-0.15, -0.1) is 11.3 Å². The van der Waals surface area contributed by atoms with Crippen LogP contribution in [-0.4, -0.2) is 91.4 Å².